The summed E-state index contributed by atoms with van der Waals surface area (Å²) in [5.74, 6) is 0. The van der Waals surface area contributed by atoms with Crippen molar-refractivity contribution in [2.75, 3.05) is 101 Å². The molecule has 2 fully saturated rings. The van der Waals surface area contributed by atoms with Crippen molar-refractivity contribution in [3.8, 4) is 0 Å². The number of nitro benzene ring substituents is 1. The summed E-state index contributed by atoms with van der Waals surface area (Å²) in [5, 5.41) is 35.3. The number of nitrogens with zero attached hydrogens (tertiary/aromatic N) is 5. The molecule has 0 spiro atoms. The Bertz CT molecular complexity index is 868. The second-order valence-electron chi connectivity index (χ2n) is 8.47. The van der Waals surface area contributed by atoms with Crippen LogP contribution in [0.5, 0.6) is 0 Å². The Labute approximate surface area is 213 Å². The highest BCUT2D eigenvalue weighted by atomic mass is 16.6. The molecule has 4 rings (SSSR count). The molecule has 0 atom stereocenters. The van der Waals surface area contributed by atoms with Gasteiger partial charge in [0.15, 0.2) is 0 Å². The number of non-ortho nitro benzene ring substituents is 1. The fourth-order valence-electron chi connectivity index (χ4n) is 4.21. The van der Waals surface area contributed by atoms with Gasteiger partial charge in [-0.15, -0.1) is 0 Å². The molecule has 0 amide bonds. The van der Waals surface area contributed by atoms with Crippen molar-refractivity contribution in [3.05, 3.63) is 58.6 Å². The molecular formula is C25H40N6O5. The first-order valence-corrected chi connectivity index (χ1v) is 12.2. The van der Waals surface area contributed by atoms with Crippen molar-refractivity contribution in [1.82, 2.24) is 9.80 Å². The fourth-order valence-corrected chi connectivity index (χ4v) is 4.21. The van der Waals surface area contributed by atoms with Crippen molar-refractivity contribution >= 4 is 22.7 Å². The molecule has 2 aromatic carbocycles. The van der Waals surface area contributed by atoms with Crippen LogP contribution in [0.15, 0.2) is 48.5 Å². The Morgan fingerprint density at radius 2 is 1.08 bits per heavy atom. The zero-order valence-corrected chi connectivity index (χ0v) is 21.1. The van der Waals surface area contributed by atoms with E-state index >= 15 is 0 Å². The second kappa shape index (κ2) is 15.9. The molecule has 0 saturated carbocycles. The highest BCUT2D eigenvalue weighted by molar-refractivity contribution is 5.53. The quantitative estimate of drug-likeness (QED) is 0.242. The monoisotopic (exact) mass is 504 g/mol. The van der Waals surface area contributed by atoms with Gasteiger partial charge in [0, 0.05) is 102 Å². The lowest BCUT2D eigenvalue weighted by Crippen LogP contribution is -2.47. The average Bonchev–Trinajstić information content (AvgIpc) is 2.92. The minimum absolute atomic E-state index is 0.123. The summed E-state index contributed by atoms with van der Waals surface area (Å²) in [5.41, 5.74) is 8.85. The summed E-state index contributed by atoms with van der Waals surface area (Å²) < 4.78 is 0. The van der Waals surface area contributed by atoms with Crippen molar-refractivity contribution in [2.24, 2.45) is 0 Å². The van der Waals surface area contributed by atoms with Crippen LogP contribution in [-0.2, 0) is 0 Å². The number of rotatable bonds is 7. The molecule has 11 heteroatoms. The number of β-amino-alcohol motifs (C(OH)–C–C–N with tert-alkyl or cyclic N) is 2. The summed E-state index contributed by atoms with van der Waals surface area (Å²) >= 11 is 0. The van der Waals surface area contributed by atoms with Gasteiger partial charge in [0.1, 0.15) is 0 Å². The third-order valence-electron chi connectivity index (χ3n) is 6.26. The molecule has 0 radical (unpaired) electrons. The molecule has 11 nitrogen and oxygen atoms in total. The van der Waals surface area contributed by atoms with Gasteiger partial charge in [-0.3, -0.25) is 19.9 Å². The normalized spacial score (nSPS) is 16.4. The van der Waals surface area contributed by atoms with Crippen molar-refractivity contribution in [2.45, 2.75) is 0 Å². The zero-order valence-electron chi connectivity index (χ0n) is 21.1. The molecular weight excluding hydrogens is 464 g/mol. The third-order valence-corrected chi connectivity index (χ3v) is 6.26. The number of hydrogen-bond donors (Lipinski definition) is 4. The minimum Gasteiger partial charge on any atom is -0.400 e. The Hall–Kier alpha value is -2.96. The summed E-state index contributed by atoms with van der Waals surface area (Å²) in [4.78, 5) is 19.2. The number of nitro groups is 1. The lowest BCUT2D eigenvalue weighted by atomic mass is 10.2. The molecule has 2 saturated heterocycles. The van der Waals surface area contributed by atoms with Crippen molar-refractivity contribution < 1.29 is 20.2 Å². The molecule has 0 bridgehead atoms. The molecule has 200 valence electrons. The van der Waals surface area contributed by atoms with Crippen LogP contribution >= 0.6 is 0 Å². The van der Waals surface area contributed by atoms with Crippen LogP contribution < -0.4 is 15.5 Å². The maximum absolute atomic E-state index is 10.6. The van der Waals surface area contributed by atoms with E-state index in [9.17, 15) is 10.1 Å². The first-order chi connectivity index (χ1) is 17.5. The number of piperazine rings is 2. The van der Waals surface area contributed by atoms with Crippen molar-refractivity contribution in [1.29, 1.82) is 0 Å². The maximum Gasteiger partial charge on any atom is 0.269 e. The van der Waals surface area contributed by atoms with Crippen LogP contribution in [0, 0.1) is 10.1 Å². The molecule has 0 unspecified atom stereocenters. The summed E-state index contributed by atoms with van der Waals surface area (Å²) in [7, 11) is 1.00. The van der Waals surface area contributed by atoms with Gasteiger partial charge in [-0.2, -0.15) is 0 Å². The average molecular weight is 505 g/mol. The second-order valence-corrected chi connectivity index (χ2v) is 8.47. The lowest BCUT2D eigenvalue weighted by molar-refractivity contribution is -0.384. The number of benzene rings is 2. The first kappa shape index (κ1) is 29.3. The molecule has 5 N–H and O–H groups in total. The first-order valence-electron chi connectivity index (χ1n) is 12.2. The predicted molar refractivity (Wildman–Crippen MR) is 144 cm³/mol. The van der Waals surface area contributed by atoms with Crippen LogP contribution in [0.2, 0.25) is 0 Å². The topological polar surface area (TPSA) is 143 Å². The van der Waals surface area contributed by atoms with E-state index < -0.39 is 0 Å². The summed E-state index contributed by atoms with van der Waals surface area (Å²) in [6.07, 6.45) is 0. The highest BCUT2D eigenvalue weighted by Crippen LogP contribution is 2.20. The van der Waals surface area contributed by atoms with E-state index in [1.54, 1.807) is 12.1 Å². The molecule has 2 heterocycles. The molecule has 2 aliphatic heterocycles. The molecule has 2 aliphatic rings. The molecule has 36 heavy (non-hydrogen) atoms. The van der Waals surface area contributed by atoms with E-state index in [4.69, 9.17) is 21.1 Å². The summed E-state index contributed by atoms with van der Waals surface area (Å²) in [6, 6.07) is 14.7. The van der Waals surface area contributed by atoms with Gasteiger partial charge in [-0.1, -0.05) is 0 Å². The third kappa shape index (κ3) is 9.25. The molecule has 0 aromatic heterocycles. The minimum atomic E-state index is -0.386. The number of aliphatic hydroxyl groups excluding tert-OH is 3. The predicted octanol–water partition coefficient (Wildman–Crippen LogP) is 0.701. The number of nitrogen functional groups attached to an aromatic ring is 1. The Morgan fingerprint density at radius 3 is 1.42 bits per heavy atom. The van der Waals surface area contributed by atoms with Gasteiger partial charge in [-0.05, 0) is 36.4 Å². The number of nitrogens with two attached hydrogens (primary N) is 1. The van der Waals surface area contributed by atoms with Crippen LogP contribution in [0.25, 0.3) is 0 Å². The van der Waals surface area contributed by atoms with Gasteiger partial charge in [0.25, 0.3) is 5.69 Å². The largest absolute Gasteiger partial charge is 0.400 e. The zero-order chi connectivity index (χ0) is 26.3. The smallest absolute Gasteiger partial charge is 0.269 e. The highest BCUT2D eigenvalue weighted by Gasteiger charge is 2.18. The van der Waals surface area contributed by atoms with Crippen LogP contribution in [-0.4, -0.2) is 116 Å². The standard InChI is InChI=1S/C12H17N3O3.C12H19N3O.CH4O/c16-10-9-13-5-7-14(8-6-13)11-1-3-12(4-2-11)15(17)18;13-11-1-3-12(4-2-11)15-7-5-14(6-8-15)9-10-16;1-2/h1-4,16H,5-10H2;1-4,16H,5-10,13H2;2H,1H3. The lowest BCUT2D eigenvalue weighted by Gasteiger charge is -2.35. The number of hydrogen-bond acceptors (Lipinski definition) is 10. The maximum atomic E-state index is 10.6. The van der Waals surface area contributed by atoms with E-state index in [-0.39, 0.29) is 23.8 Å². The molecule has 2 aromatic rings. The van der Waals surface area contributed by atoms with Crippen LogP contribution in [0.3, 0.4) is 0 Å². The molecule has 0 aliphatic carbocycles. The summed E-state index contributed by atoms with van der Waals surface area (Å²) in [6.45, 7) is 9.62. The fraction of sp³-hybridized carbons (Fsp3) is 0.520. The van der Waals surface area contributed by atoms with E-state index in [2.05, 4.69) is 31.7 Å². The van der Waals surface area contributed by atoms with E-state index in [1.165, 1.54) is 17.8 Å². The van der Waals surface area contributed by atoms with Crippen LogP contribution in [0.4, 0.5) is 22.7 Å². The number of aliphatic hydroxyl groups is 3. The van der Waals surface area contributed by atoms with Gasteiger partial charge >= 0.3 is 0 Å². The van der Waals surface area contributed by atoms with E-state index in [0.717, 1.165) is 77.4 Å². The van der Waals surface area contributed by atoms with Gasteiger partial charge in [0.05, 0.1) is 18.1 Å². The van der Waals surface area contributed by atoms with Crippen molar-refractivity contribution in [3.63, 3.8) is 0 Å². The van der Waals surface area contributed by atoms with Gasteiger partial charge < -0.3 is 30.9 Å². The van der Waals surface area contributed by atoms with Crippen LogP contribution in [0.1, 0.15) is 0 Å². The van der Waals surface area contributed by atoms with E-state index in [1.807, 2.05) is 12.1 Å². The Kier molecular flexibility index (Phi) is 12.9. The van der Waals surface area contributed by atoms with Gasteiger partial charge in [-0.25, -0.2) is 0 Å². The Balaban J connectivity index is 0.000000239. The number of anilines is 3. The SMILES string of the molecule is CO.Nc1ccc(N2CCN(CCO)CC2)cc1.O=[N+]([O-])c1ccc(N2CCN(CCO)CC2)cc1. The van der Waals surface area contributed by atoms with E-state index in [0.29, 0.717) is 6.54 Å². The Morgan fingerprint density at radius 1 is 0.722 bits per heavy atom. The van der Waals surface area contributed by atoms with Gasteiger partial charge in [0.2, 0.25) is 0 Å².